The highest BCUT2D eigenvalue weighted by Crippen LogP contribution is 2.28. The summed E-state index contributed by atoms with van der Waals surface area (Å²) in [6, 6.07) is 8.53. The minimum Gasteiger partial charge on any atom is -0.380 e. The molecule has 0 radical (unpaired) electrons. The van der Waals surface area contributed by atoms with Gasteiger partial charge in [0, 0.05) is 24.4 Å². The van der Waals surface area contributed by atoms with E-state index in [1.165, 1.54) is 6.20 Å². The minimum atomic E-state index is -0.205. The number of ether oxygens (including phenoxy) is 1. The molecule has 4 heteroatoms. The van der Waals surface area contributed by atoms with Crippen molar-refractivity contribution in [1.82, 2.24) is 4.98 Å². The molecule has 0 spiro atoms. The lowest BCUT2D eigenvalue weighted by Crippen LogP contribution is -2.24. The molecule has 19 heavy (non-hydrogen) atoms. The van der Waals surface area contributed by atoms with Crippen LogP contribution in [-0.2, 0) is 11.3 Å². The van der Waals surface area contributed by atoms with E-state index in [-0.39, 0.29) is 23.9 Å². The van der Waals surface area contributed by atoms with Crippen molar-refractivity contribution in [2.24, 2.45) is 0 Å². The molecule has 0 atom stereocenters. The van der Waals surface area contributed by atoms with Crippen LogP contribution in [0.15, 0.2) is 36.5 Å². The molecule has 0 unspecified atom stereocenters. The number of carbonyl (C=O) groups excluding carboxylic acids is 2. The van der Waals surface area contributed by atoms with Crippen molar-refractivity contribution < 1.29 is 14.3 Å². The highest BCUT2D eigenvalue weighted by Gasteiger charge is 2.32. The zero-order valence-electron chi connectivity index (χ0n) is 10.3. The van der Waals surface area contributed by atoms with E-state index in [0.29, 0.717) is 22.3 Å². The summed E-state index contributed by atoms with van der Waals surface area (Å²) in [5.41, 5.74) is 2.14. The molecule has 1 heterocycles. The topological polar surface area (TPSA) is 56.3 Å². The zero-order valence-corrected chi connectivity index (χ0v) is 10.3. The number of hydrogen-bond acceptors (Lipinski definition) is 4. The Morgan fingerprint density at radius 3 is 2.42 bits per heavy atom. The second-order valence-electron chi connectivity index (χ2n) is 4.33. The van der Waals surface area contributed by atoms with E-state index >= 15 is 0 Å². The fourth-order valence-corrected chi connectivity index (χ4v) is 2.34. The highest BCUT2D eigenvalue weighted by atomic mass is 16.5. The van der Waals surface area contributed by atoms with Crippen LogP contribution >= 0.6 is 0 Å². The molecule has 1 aliphatic rings. The quantitative estimate of drug-likeness (QED) is 0.701. The number of nitrogens with zero attached hydrogens (tertiary/aromatic N) is 1. The van der Waals surface area contributed by atoms with Crippen LogP contribution in [0.5, 0.6) is 0 Å². The van der Waals surface area contributed by atoms with Crippen molar-refractivity contribution in [2.45, 2.75) is 6.61 Å². The van der Waals surface area contributed by atoms with Crippen LogP contribution in [0.25, 0.3) is 0 Å². The lowest BCUT2D eigenvalue weighted by atomic mass is 9.85. The Bertz CT molecular complexity index is 692. The van der Waals surface area contributed by atoms with Gasteiger partial charge in [-0.1, -0.05) is 24.3 Å². The second kappa shape index (κ2) is 4.40. The maximum atomic E-state index is 12.5. The number of aromatic nitrogens is 1. The second-order valence-corrected chi connectivity index (χ2v) is 4.33. The fraction of sp³-hybridized carbons (Fsp3) is 0.133. The molecule has 94 valence electrons. The number of pyridine rings is 1. The smallest absolute Gasteiger partial charge is 0.212 e. The maximum Gasteiger partial charge on any atom is 0.212 e. The van der Waals surface area contributed by atoms with E-state index in [2.05, 4.69) is 4.98 Å². The Morgan fingerprint density at radius 2 is 1.74 bits per heavy atom. The summed E-state index contributed by atoms with van der Waals surface area (Å²) in [5.74, 6) is -0.367. The van der Waals surface area contributed by atoms with Crippen LogP contribution < -0.4 is 0 Å². The predicted molar refractivity (Wildman–Crippen MR) is 68.3 cm³/mol. The van der Waals surface area contributed by atoms with E-state index < -0.39 is 0 Å². The predicted octanol–water partition coefficient (Wildman–Crippen LogP) is 2.00. The molecule has 1 aromatic carbocycles. The first-order valence-electron chi connectivity index (χ1n) is 5.89. The van der Waals surface area contributed by atoms with Gasteiger partial charge in [-0.05, 0) is 11.6 Å². The van der Waals surface area contributed by atoms with Crippen LogP contribution in [0, 0.1) is 0 Å². The summed E-state index contributed by atoms with van der Waals surface area (Å²) in [4.78, 5) is 28.9. The van der Waals surface area contributed by atoms with Crippen molar-refractivity contribution in [1.29, 1.82) is 0 Å². The number of methoxy groups -OCH3 is 1. The Balaban J connectivity index is 2.27. The van der Waals surface area contributed by atoms with Gasteiger partial charge in [-0.2, -0.15) is 0 Å². The Morgan fingerprint density at radius 1 is 1.05 bits per heavy atom. The number of hydrogen-bond donors (Lipinski definition) is 0. The van der Waals surface area contributed by atoms with Crippen LogP contribution in [-0.4, -0.2) is 23.7 Å². The van der Waals surface area contributed by atoms with Crippen LogP contribution in [0.1, 0.15) is 37.5 Å². The van der Waals surface area contributed by atoms with Crippen LogP contribution in [0.3, 0.4) is 0 Å². The first-order chi connectivity index (χ1) is 9.24. The maximum absolute atomic E-state index is 12.5. The first kappa shape index (κ1) is 11.7. The third-order valence-corrected chi connectivity index (χ3v) is 3.20. The van der Waals surface area contributed by atoms with Crippen molar-refractivity contribution in [3.8, 4) is 0 Å². The summed E-state index contributed by atoms with van der Waals surface area (Å²) in [7, 11) is 1.55. The Labute approximate surface area is 110 Å². The van der Waals surface area contributed by atoms with Crippen LogP contribution in [0.2, 0.25) is 0 Å². The lowest BCUT2D eigenvalue weighted by molar-refractivity contribution is 0.0971. The molecule has 0 amide bonds. The third-order valence-electron chi connectivity index (χ3n) is 3.20. The monoisotopic (exact) mass is 253 g/mol. The van der Waals surface area contributed by atoms with Crippen molar-refractivity contribution in [3.05, 3.63) is 64.5 Å². The summed E-state index contributed by atoms with van der Waals surface area (Å²) < 4.78 is 5.07. The van der Waals surface area contributed by atoms with Gasteiger partial charge in [0.2, 0.25) is 5.78 Å². The van der Waals surface area contributed by atoms with E-state index in [1.54, 1.807) is 37.4 Å². The number of carbonyl (C=O) groups is 2. The van der Waals surface area contributed by atoms with Gasteiger partial charge in [0.25, 0.3) is 0 Å². The summed E-state index contributed by atoms with van der Waals surface area (Å²) in [6.07, 6.45) is 1.53. The SMILES string of the molecule is COCc1ccnc2c1C(=O)c1ccccc1C2=O. The van der Waals surface area contributed by atoms with Gasteiger partial charge >= 0.3 is 0 Å². The average Bonchev–Trinajstić information content (AvgIpc) is 2.45. The normalized spacial score (nSPS) is 13.1. The van der Waals surface area contributed by atoms with Gasteiger partial charge in [0.1, 0.15) is 5.69 Å². The number of ketones is 2. The summed E-state index contributed by atoms with van der Waals surface area (Å²) in [5, 5.41) is 0. The summed E-state index contributed by atoms with van der Waals surface area (Å²) >= 11 is 0. The van der Waals surface area contributed by atoms with Crippen molar-refractivity contribution in [3.63, 3.8) is 0 Å². The molecule has 0 N–H and O–H groups in total. The minimum absolute atomic E-state index is 0.162. The van der Waals surface area contributed by atoms with Gasteiger partial charge < -0.3 is 4.74 Å². The molecular formula is C15H11NO3. The van der Waals surface area contributed by atoms with Gasteiger partial charge in [0.15, 0.2) is 5.78 Å². The molecular weight excluding hydrogens is 242 g/mol. The van der Waals surface area contributed by atoms with Gasteiger partial charge in [-0.25, -0.2) is 0 Å². The van der Waals surface area contributed by atoms with Crippen molar-refractivity contribution >= 4 is 11.6 Å². The molecule has 0 bridgehead atoms. The van der Waals surface area contributed by atoms with E-state index in [4.69, 9.17) is 4.74 Å². The van der Waals surface area contributed by atoms with Gasteiger partial charge in [0.05, 0.1) is 12.2 Å². The fourth-order valence-electron chi connectivity index (χ4n) is 2.34. The largest absolute Gasteiger partial charge is 0.380 e. The van der Waals surface area contributed by atoms with Crippen LogP contribution in [0.4, 0.5) is 0 Å². The molecule has 3 rings (SSSR count). The molecule has 2 aromatic rings. The highest BCUT2D eigenvalue weighted by molar-refractivity contribution is 6.28. The molecule has 0 fully saturated rings. The Hall–Kier alpha value is -2.33. The standard InChI is InChI=1S/C15H11NO3/c1-19-8-9-6-7-16-13-12(9)14(17)10-4-2-3-5-11(10)15(13)18/h2-7H,8H2,1H3. The molecule has 0 saturated heterocycles. The number of rotatable bonds is 2. The number of benzene rings is 1. The van der Waals surface area contributed by atoms with E-state index in [0.717, 1.165) is 0 Å². The Kier molecular flexibility index (Phi) is 2.72. The van der Waals surface area contributed by atoms with Gasteiger partial charge in [-0.3, -0.25) is 14.6 Å². The summed E-state index contributed by atoms with van der Waals surface area (Å²) in [6.45, 7) is 0.284. The van der Waals surface area contributed by atoms with Crippen molar-refractivity contribution in [2.75, 3.05) is 7.11 Å². The molecule has 4 nitrogen and oxygen atoms in total. The molecule has 0 saturated carbocycles. The lowest BCUT2D eigenvalue weighted by Gasteiger charge is -2.18. The molecule has 1 aliphatic carbocycles. The van der Waals surface area contributed by atoms with Gasteiger partial charge in [-0.15, -0.1) is 0 Å². The first-order valence-corrected chi connectivity index (χ1v) is 5.89. The zero-order chi connectivity index (χ0) is 13.4. The molecule has 0 aliphatic heterocycles. The third kappa shape index (κ3) is 1.69. The number of fused-ring (bicyclic) bond motifs is 2. The average molecular weight is 253 g/mol. The van der Waals surface area contributed by atoms with E-state index in [1.807, 2.05) is 0 Å². The van der Waals surface area contributed by atoms with E-state index in [9.17, 15) is 9.59 Å². The molecule has 1 aromatic heterocycles.